The highest BCUT2D eigenvalue weighted by Crippen LogP contribution is 2.19. The molecule has 0 spiro atoms. The quantitative estimate of drug-likeness (QED) is 0.812. The largest absolute Gasteiger partial charge is 0.452 e. The molecular weight excluding hydrogens is 340 g/mol. The van der Waals surface area contributed by atoms with Crippen LogP contribution < -0.4 is 5.32 Å². The van der Waals surface area contributed by atoms with Gasteiger partial charge in [0.1, 0.15) is 17.2 Å². The number of benzene rings is 2. The molecule has 0 bridgehead atoms. The van der Waals surface area contributed by atoms with E-state index in [2.05, 4.69) is 5.32 Å². The Bertz CT molecular complexity index is 732. The van der Waals surface area contributed by atoms with Gasteiger partial charge in [-0.1, -0.05) is 35.9 Å². The number of amides is 1. The molecule has 0 saturated carbocycles. The first-order chi connectivity index (χ1) is 11.5. The standard InChI is InChI=1S/C17H14ClF2NO3/c18-12-5-3-7-14(20)16(12)17(23)24-10-15(22)21-9-8-11-4-1-2-6-13(11)19/h1-7H,8-10H2,(H,21,22). The smallest absolute Gasteiger partial charge is 0.343 e. The lowest BCUT2D eigenvalue weighted by molar-refractivity contribution is -0.124. The van der Waals surface area contributed by atoms with Crippen molar-refractivity contribution in [3.05, 3.63) is 70.2 Å². The highest BCUT2D eigenvalue weighted by molar-refractivity contribution is 6.33. The van der Waals surface area contributed by atoms with E-state index < -0.39 is 29.9 Å². The van der Waals surface area contributed by atoms with Crippen LogP contribution in [0.1, 0.15) is 15.9 Å². The Morgan fingerprint density at radius 3 is 2.46 bits per heavy atom. The number of carbonyl (C=O) groups excluding carboxylic acids is 2. The lowest BCUT2D eigenvalue weighted by Gasteiger charge is -2.08. The van der Waals surface area contributed by atoms with Crippen LogP contribution in [0.4, 0.5) is 8.78 Å². The zero-order chi connectivity index (χ0) is 17.5. The van der Waals surface area contributed by atoms with Gasteiger partial charge in [-0.25, -0.2) is 13.6 Å². The first-order valence-electron chi connectivity index (χ1n) is 7.10. The average Bonchev–Trinajstić information content (AvgIpc) is 2.54. The second-order valence-electron chi connectivity index (χ2n) is 4.86. The van der Waals surface area contributed by atoms with Crippen LogP contribution in [0.2, 0.25) is 5.02 Å². The van der Waals surface area contributed by atoms with Gasteiger partial charge in [0.2, 0.25) is 0 Å². The number of nitrogens with one attached hydrogen (secondary N) is 1. The Hall–Kier alpha value is -2.47. The SMILES string of the molecule is O=C(COC(=O)c1c(F)cccc1Cl)NCCc1ccccc1F. The lowest BCUT2D eigenvalue weighted by Crippen LogP contribution is -2.30. The summed E-state index contributed by atoms with van der Waals surface area (Å²) in [6, 6.07) is 9.97. The first-order valence-corrected chi connectivity index (χ1v) is 7.48. The fraction of sp³-hybridized carbons (Fsp3) is 0.176. The molecular formula is C17H14ClF2NO3. The summed E-state index contributed by atoms with van der Waals surface area (Å²) in [5.41, 5.74) is 0.0475. The van der Waals surface area contributed by atoms with Crippen LogP contribution >= 0.6 is 11.6 Å². The van der Waals surface area contributed by atoms with E-state index >= 15 is 0 Å². The first kappa shape index (κ1) is 17.9. The Morgan fingerprint density at radius 2 is 1.75 bits per heavy atom. The van der Waals surface area contributed by atoms with Crippen molar-refractivity contribution in [1.29, 1.82) is 0 Å². The molecule has 1 N–H and O–H groups in total. The van der Waals surface area contributed by atoms with Crippen LogP contribution in [0, 0.1) is 11.6 Å². The summed E-state index contributed by atoms with van der Waals surface area (Å²) < 4.78 is 31.7. The third-order valence-corrected chi connectivity index (χ3v) is 3.49. The van der Waals surface area contributed by atoms with E-state index in [4.69, 9.17) is 16.3 Å². The molecule has 4 nitrogen and oxygen atoms in total. The molecule has 0 aliphatic rings. The molecule has 0 aliphatic carbocycles. The predicted octanol–water partition coefficient (Wildman–Crippen LogP) is 3.13. The molecule has 126 valence electrons. The molecule has 0 saturated heterocycles. The predicted molar refractivity (Wildman–Crippen MR) is 84.8 cm³/mol. The Morgan fingerprint density at radius 1 is 1.04 bits per heavy atom. The van der Waals surface area contributed by atoms with Crippen LogP contribution in [0.15, 0.2) is 42.5 Å². The van der Waals surface area contributed by atoms with Crippen LogP contribution in [-0.2, 0) is 16.0 Å². The van der Waals surface area contributed by atoms with E-state index in [9.17, 15) is 18.4 Å². The van der Waals surface area contributed by atoms with E-state index in [1.165, 1.54) is 18.2 Å². The number of carbonyl (C=O) groups is 2. The van der Waals surface area contributed by atoms with Crippen LogP contribution in [-0.4, -0.2) is 25.0 Å². The summed E-state index contributed by atoms with van der Waals surface area (Å²) in [5.74, 6) is -2.78. The maximum atomic E-state index is 13.5. The average molecular weight is 354 g/mol. The molecule has 2 aromatic rings. The normalized spacial score (nSPS) is 10.3. The van der Waals surface area contributed by atoms with Crippen molar-refractivity contribution in [2.24, 2.45) is 0 Å². The topological polar surface area (TPSA) is 55.4 Å². The van der Waals surface area contributed by atoms with Crippen LogP contribution in [0.25, 0.3) is 0 Å². The van der Waals surface area contributed by atoms with Crippen molar-refractivity contribution in [2.75, 3.05) is 13.2 Å². The van der Waals surface area contributed by atoms with E-state index in [0.717, 1.165) is 6.07 Å². The molecule has 2 aromatic carbocycles. The summed E-state index contributed by atoms with van der Waals surface area (Å²) in [6.07, 6.45) is 0.297. The third kappa shape index (κ3) is 4.76. The number of ether oxygens (including phenoxy) is 1. The zero-order valence-electron chi connectivity index (χ0n) is 12.5. The highest BCUT2D eigenvalue weighted by Gasteiger charge is 2.18. The fourth-order valence-electron chi connectivity index (χ4n) is 1.98. The van der Waals surface area contributed by atoms with Gasteiger partial charge in [-0.2, -0.15) is 0 Å². The van der Waals surface area contributed by atoms with Gasteiger partial charge >= 0.3 is 5.97 Å². The summed E-state index contributed by atoms with van der Waals surface area (Å²) in [7, 11) is 0. The molecule has 24 heavy (non-hydrogen) atoms. The van der Waals surface area contributed by atoms with Crippen molar-refractivity contribution >= 4 is 23.5 Å². The lowest BCUT2D eigenvalue weighted by atomic mass is 10.1. The van der Waals surface area contributed by atoms with Gasteiger partial charge in [-0.15, -0.1) is 0 Å². The maximum absolute atomic E-state index is 13.5. The van der Waals surface area contributed by atoms with Gasteiger partial charge in [-0.05, 0) is 30.2 Å². The second-order valence-corrected chi connectivity index (χ2v) is 5.27. The number of hydrogen-bond acceptors (Lipinski definition) is 3. The van der Waals surface area contributed by atoms with Gasteiger partial charge in [-0.3, -0.25) is 4.79 Å². The molecule has 7 heteroatoms. The monoisotopic (exact) mass is 353 g/mol. The number of esters is 1. The molecule has 0 aliphatic heterocycles. The summed E-state index contributed by atoms with van der Waals surface area (Å²) >= 11 is 5.73. The summed E-state index contributed by atoms with van der Waals surface area (Å²) in [4.78, 5) is 23.4. The maximum Gasteiger partial charge on any atom is 0.343 e. The molecule has 0 radical (unpaired) electrons. The Balaban J connectivity index is 1.79. The van der Waals surface area contributed by atoms with Crippen molar-refractivity contribution in [1.82, 2.24) is 5.32 Å². The molecule has 0 aromatic heterocycles. The highest BCUT2D eigenvalue weighted by atomic mass is 35.5. The molecule has 0 atom stereocenters. The van der Waals surface area contributed by atoms with Crippen LogP contribution in [0.3, 0.4) is 0 Å². The number of halogens is 3. The molecule has 1 amide bonds. The van der Waals surface area contributed by atoms with E-state index in [1.807, 2.05) is 0 Å². The van der Waals surface area contributed by atoms with E-state index in [0.29, 0.717) is 12.0 Å². The van der Waals surface area contributed by atoms with Gasteiger partial charge in [0.15, 0.2) is 6.61 Å². The molecule has 2 rings (SSSR count). The van der Waals surface area contributed by atoms with Gasteiger partial charge < -0.3 is 10.1 Å². The third-order valence-electron chi connectivity index (χ3n) is 3.18. The zero-order valence-corrected chi connectivity index (χ0v) is 13.3. The summed E-state index contributed by atoms with van der Waals surface area (Å²) in [6.45, 7) is -0.404. The molecule has 0 unspecified atom stereocenters. The van der Waals surface area contributed by atoms with Crippen molar-refractivity contribution in [3.63, 3.8) is 0 Å². The Labute approximate surface area is 142 Å². The number of rotatable bonds is 6. The summed E-state index contributed by atoms with van der Waals surface area (Å²) in [5, 5.41) is 2.39. The van der Waals surface area contributed by atoms with Crippen molar-refractivity contribution in [2.45, 2.75) is 6.42 Å². The van der Waals surface area contributed by atoms with Crippen molar-refractivity contribution < 1.29 is 23.1 Å². The minimum absolute atomic E-state index is 0.0973. The minimum Gasteiger partial charge on any atom is -0.452 e. The van der Waals surface area contributed by atoms with E-state index in [1.54, 1.807) is 18.2 Å². The van der Waals surface area contributed by atoms with Gasteiger partial charge in [0.25, 0.3) is 5.91 Å². The van der Waals surface area contributed by atoms with Gasteiger partial charge in [0, 0.05) is 6.54 Å². The second kappa shape index (κ2) is 8.40. The van der Waals surface area contributed by atoms with Gasteiger partial charge in [0.05, 0.1) is 5.02 Å². The minimum atomic E-state index is -1.03. The number of hydrogen-bond donors (Lipinski definition) is 1. The molecule has 0 fully saturated rings. The van der Waals surface area contributed by atoms with E-state index in [-0.39, 0.29) is 17.4 Å². The van der Waals surface area contributed by atoms with Crippen molar-refractivity contribution in [3.8, 4) is 0 Å². The Kier molecular flexibility index (Phi) is 6.26. The fourth-order valence-corrected chi connectivity index (χ4v) is 2.23. The molecule has 0 heterocycles. The van der Waals surface area contributed by atoms with Crippen LogP contribution in [0.5, 0.6) is 0 Å².